The number of hydrogen-bond acceptors (Lipinski definition) is 3. The van der Waals surface area contributed by atoms with Gasteiger partial charge in [-0.15, -0.1) is 0 Å². The smallest absolute Gasteiger partial charge is 0.159 e. The lowest BCUT2D eigenvalue weighted by molar-refractivity contribution is -0.113. The van der Waals surface area contributed by atoms with Gasteiger partial charge in [-0.05, 0) is 36.8 Å². The van der Waals surface area contributed by atoms with Crippen molar-refractivity contribution in [1.82, 2.24) is 0 Å². The predicted molar refractivity (Wildman–Crippen MR) is 86.6 cm³/mol. The second-order valence-corrected chi connectivity index (χ2v) is 5.41. The van der Waals surface area contributed by atoms with E-state index in [2.05, 4.69) is 10.6 Å². The Hall–Kier alpha value is -2.26. The lowest BCUT2D eigenvalue weighted by Gasteiger charge is -2.20. The van der Waals surface area contributed by atoms with E-state index >= 15 is 0 Å². The van der Waals surface area contributed by atoms with Crippen LogP contribution in [-0.4, -0.2) is 5.78 Å². The third-order valence-electron chi connectivity index (χ3n) is 3.53. The van der Waals surface area contributed by atoms with Crippen LogP contribution in [0.2, 0.25) is 5.02 Å². The largest absolute Gasteiger partial charge is 0.372 e. The quantitative estimate of drug-likeness (QED) is 0.864. The van der Waals surface area contributed by atoms with Gasteiger partial charge in [0.25, 0.3) is 0 Å². The number of fused-ring (bicyclic) bond motifs is 1. The number of hydrogen-bond donors (Lipinski definition) is 2. The van der Waals surface area contributed by atoms with Crippen molar-refractivity contribution in [3.8, 4) is 0 Å². The van der Waals surface area contributed by atoms with E-state index in [1.807, 2.05) is 48.5 Å². The minimum absolute atomic E-state index is 0.0303. The Labute approximate surface area is 128 Å². The molecular formula is C17H15ClN2O. The van der Waals surface area contributed by atoms with Gasteiger partial charge in [0, 0.05) is 16.8 Å². The number of rotatable bonds is 2. The molecule has 1 aliphatic rings. The van der Waals surface area contributed by atoms with E-state index < -0.39 is 0 Å². The Balaban J connectivity index is 2.06. The first-order chi connectivity index (χ1) is 10.1. The molecule has 3 nitrogen and oxygen atoms in total. The van der Waals surface area contributed by atoms with Crippen molar-refractivity contribution in [3.05, 3.63) is 70.9 Å². The summed E-state index contributed by atoms with van der Waals surface area (Å²) in [6, 6.07) is 15.2. The molecular weight excluding hydrogens is 284 g/mol. The first-order valence-electron chi connectivity index (χ1n) is 6.74. The molecule has 106 valence electrons. The van der Waals surface area contributed by atoms with Crippen LogP contribution >= 0.6 is 11.6 Å². The van der Waals surface area contributed by atoms with Crippen molar-refractivity contribution in [2.24, 2.45) is 0 Å². The number of ketones is 1. The van der Waals surface area contributed by atoms with Crippen molar-refractivity contribution in [3.63, 3.8) is 0 Å². The van der Waals surface area contributed by atoms with Crippen LogP contribution in [0.25, 0.3) is 0 Å². The van der Waals surface area contributed by atoms with Crippen LogP contribution in [0.15, 0.2) is 60.3 Å². The molecule has 3 rings (SSSR count). The molecule has 0 radical (unpaired) electrons. The third kappa shape index (κ3) is 2.78. The highest BCUT2D eigenvalue weighted by atomic mass is 35.5. The predicted octanol–water partition coefficient (Wildman–Crippen LogP) is 4.39. The molecule has 2 N–H and O–H groups in total. The monoisotopic (exact) mass is 298 g/mol. The summed E-state index contributed by atoms with van der Waals surface area (Å²) in [6.07, 6.45) is 1.78. The first kappa shape index (κ1) is 13.7. The van der Waals surface area contributed by atoms with Gasteiger partial charge >= 0.3 is 0 Å². The molecule has 2 aromatic carbocycles. The number of Topliss-reactive ketones (excluding diaryl/α,β-unsaturated/α-hetero) is 1. The van der Waals surface area contributed by atoms with Gasteiger partial charge in [-0.25, -0.2) is 0 Å². The second-order valence-electron chi connectivity index (χ2n) is 4.97. The second kappa shape index (κ2) is 5.62. The summed E-state index contributed by atoms with van der Waals surface area (Å²) in [7, 11) is 0. The SMILES string of the molecule is CC(=O)C1=CNc2ccccc2NC1c1ccc(Cl)cc1. The molecule has 0 spiro atoms. The fourth-order valence-corrected chi connectivity index (χ4v) is 2.56. The zero-order chi connectivity index (χ0) is 14.8. The maximum atomic E-state index is 12.0. The molecule has 1 atom stereocenters. The standard InChI is InChI=1S/C17H15ClN2O/c1-11(21)14-10-19-15-4-2-3-5-16(15)20-17(14)12-6-8-13(18)9-7-12/h2-10,17,19-20H,1H3. The van der Waals surface area contributed by atoms with Crippen LogP contribution < -0.4 is 10.6 Å². The van der Waals surface area contributed by atoms with Gasteiger partial charge in [-0.1, -0.05) is 35.9 Å². The molecule has 21 heavy (non-hydrogen) atoms. The molecule has 1 aliphatic heterocycles. The van der Waals surface area contributed by atoms with Gasteiger partial charge in [-0.2, -0.15) is 0 Å². The van der Waals surface area contributed by atoms with Crippen LogP contribution in [0.3, 0.4) is 0 Å². The molecule has 0 saturated carbocycles. The zero-order valence-corrected chi connectivity index (χ0v) is 12.3. The van der Waals surface area contributed by atoms with E-state index in [-0.39, 0.29) is 11.8 Å². The lowest BCUT2D eigenvalue weighted by Crippen LogP contribution is -2.17. The van der Waals surface area contributed by atoms with Crippen molar-refractivity contribution >= 4 is 28.8 Å². The van der Waals surface area contributed by atoms with Gasteiger partial charge in [0.2, 0.25) is 0 Å². The molecule has 0 bridgehead atoms. The van der Waals surface area contributed by atoms with Crippen LogP contribution in [-0.2, 0) is 4.79 Å². The molecule has 0 fully saturated rings. The summed E-state index contributed by atoms with van der Waals surface area (Å²) in [5, 5.41) is 7.31. The Bertz CT molecular complexity index is 707. The Morgan fingerprint density at radius 2 is 1.71 bits per heavy atom. The summed E-state index contributed by atoms with van der Waals surface area (Å²) in [5.41, 5.74) is 3.60. The summed E-state index contributed by atoms with van der Waals surface area (Å²) >= 11 is 5.95. The normalized spacial score (nSPS) is 16.9. The Kier molecular flexibility index (Phi) is 3.67. The van der Waals surface area contributed by atoms with E-state index in [1.54, 1.807) is 13.1 Å². The maximum absolute atomic E-state index is 12.0. The number of benzene rings is 2. The number of para-hydroxylation sites is 2. The van der Waals surface area contributed by atoms with Crippen LogP contribution in [0.5, 0.6) is 0 Å². The lowest BCUT2D eigenvalue weighted by atomic mass is 9.96. The van der Waals surface area contributed by atoms with Crippen molar-refractivity contribution in [1.29, 1.82) is 0 Å². The highest BCUT2D eigenvalue weighted by Crippen LogP contribution is 2.34. The summed E-state index contributed by atoms with van der Waals surface area (Å²) < 4.78 is 0. The van der Waals surface area contributed by atoms with Gasteiger partial charge in [0.05, 0.1) is 17.4 Å². The van der Waals surface area contributed by atoms with Gasteiger partial charge in [0.15, 0.2) is 5.78 Å². The van der Waals surface area contributed by atoms with E-state index in [0.717, 1.165) is 16.9 Å². The molecule has 0 aromatic heterocycles. The summed E-state index contributed by atoms with van der Waals surface area (Å²) in [6.45, 7) is 1.58. The number of carbonyl (C=O) groups is 1. The first-order valence-corrected chi connectivity index (χ1v) is 7.11. The van der Waals surface area contributed by atoms with E-state index in [9.17, 15) is 4.79 Å². The molecule has 1 unspecified atom stereocenters. The van der Waals surface area contributed by atoms with Crippen molar-refractivity contribution in [2.45, 2.75) is 13.0 Å². The fourth-order valence-electron chi connectivity index (χ4n) is 2.43. The average molecular weight is 299 g/mol. The number of anilines is 2. The van der Waals surface area contributed by atoms with E-state index in [0.29, 0.717) is 10.6 Å². The molecule has 2 aromatic rings. The Morgan fingerprint density at radius 3 is 2.38 bits per heavy atom. The molecule has 1 heterocycles. The van der Waals surface area contributed by atoms with Crippen molar-refractivity contribution < 1.29 is 4.79 Å². The number of halogens is 1. The molecule has 0 saturated heterocycles. The maximum Gasteiger partial charge on any atom is 0.159 e. The van der Waals surface area contributed by atoms with E-state index in [1.165, 1.54) is 0 Å². The van der Waals surface area contributed by atoms with E-state index in [4.69, 9.17) is 11.6 Å². The molecule has 4 heteroatoms. The summed E-state index contributed by atoms with van der Waals surface area (Å²) in [4.78, 5) is 12.0. The zero-order valence-electron chi connectivity index (χ0n) is 11.6. The topological polar surface area (TPSA) is 41.1 Å². The van der Waals surface area contributed by atoms with Gasteiger partial charge < -0.3 is 10.6 Å². The highest BCUT2D eigenvalue weighted by molar-refractivity contribution is 6.30. The summed E-state index contributed by atoms with van der Waals surface area (Å²) in [5.74, 6) is 0.0303. The van der Waals surface area contributed by atoms with Gasteiger partial charge in [0.1, 0.15) is 0 Å². The minimum Gasteiger partial charge on any atom is -0.372 e. The minimum atomic E-state index is -0.198. The molecule has 0 amide bonds. The van der Waals surface area contributed by atoms with Crippen LogP contribution in [0.4, 0.5) is 11.4 Å². The highest BCUT2D eigenvalue weighted by Gasteiger charge is 2.23. The van der Waals surface area contributed by atoms with Gasteiger partial charge in [-0.3, -0.25) is 4.79 Å². The molecule has 0 aliphatic carbocycles. The van der Waals surface area contributed by atoms with Crippen molar-refractivity contribution in [2.75, 3.05) is 10.6 Å². The fraction of sp³-hybridized carbons (Fsp3) is 0.118. The number of nitrogens with one attached hydrogen (secondary N) is 2. The number of carbonyl (C=O) groups excluding carboxylic acids is 1. The van der Waals surface area contributed by atoms with Crippen LogP contribution in [0.1, 0.15) is 18.5 Å². The van der Waals surface area contributed by atoms with Crippen LogP contribution in [0, 0.1) is 0 Å². The average Bonchev–Trinajstić information content (AvgIpc) is 2.67. The third-order valence-corrected chi connectivity index (χ3v) is 3.78. The Morgan fingerprint density at radius 1 is 1.05 bits per heavy atom.